The summed E-state index contributed by atoms with van der Waals surface area (Å²) in [6.45, 7) is 0. The van der Waals surface area contributed by atoms with Crippen molar-refractivity contribution in [3.8, 4) is 0 Å². The second-order valence-corrected chi connectivity index (χ2v) is 1.80. The Kier molecular flexibility index (Phi) is 13.3. The molecule has 0 heterocycles. The molecule has 0 saturated carbocycles. The van der Waals surface area contributed by atoms with Crippen LogP contribution in [0.3, 0.4) is 0 Å². The minimum atomic E-state index is -4.61. The molecule has 0 aliphatic heterocycles. The third kappa shape index (κ3) is 83.9. The van der Waals surface area contributed by atoms with Crippen LogP contribution in [0.4, 0.5) is 0 Å². The Morgan fingerprint density at radius 2 is 0.857 bits per heavy atom. The van der Waals surface area contributed by atoms with Crippen molar-refractivity contribution in [2.24, 2.45) is 0 Å². The topological polar surface area (TPSA) is 80.9 Å². The Balaban J connectivity index is -0.0000000800. The van der Waals surface area contributed by atoms with Crippen molar-refractivity contribution in [3.63, 3.8) is 0 Å². The van der Waals surface area contributed by atoms with Crippen molar-refractivity contribution in [1.82, 2.24) is 0 Å². The molecule has 4 N–H and O–H groups in total. The normalized spacial score (nSPS) is 8.57. The van der Waals surface area contributed by atoms with Crippen molar-refractivity contribution in [3.05, 3.63) is 0 Å². The molecule has 7 heavy (non-hydrogen) atoms. The Morgan fingerprint density at radius 3 is 0.857 bits per heavy atom. The van der Waals surface area contributed by atoms with Crippen molar-refractivity contribution in [2.45, 2.75) is 0 Å². The van der Waals surface area contributed by atoms with E-state index in [9.17, 15) is 0 Å². The predicted molar refractivity (Wildman–Crippen MR) is 34.3 cm³/mol. The molecule has 0 aliphatic carbocycles. The summed E-state index contributed by atoms with van der Waals surface area (Å²) in [5.41, 5.74) is 0. The SMILES string of the molecule is O[Si](O)(O)O.P.[CaH2]. The number of rotatable bonds is 0. The maximum atomic E-state index is 7.33. The van der Waals surface area contributed by atoms with Crippen molar-refractivity contribution in [2.75, 3.05) is 0 Å². The summed E-state index contributed by atoms with van der Waals surface area (Å²) in [4.78, 5) is 29.3. The van der Waals surface area contributed by atoms with E-state index in [0.717, 1.165) is 0 Å². The van der Waals surface area contributed by atoms with Crippen LogP contribution in [-0.2, 0) is 0 Å². The van der Waals surface area contributed by atoms with Gasteiger partial charge in [0.25, 0.3) is 0 Å². The van der Waals surface area contributed by atoms with Crippen LogP contribution in [0, 0.1) is 0 Å². The standard InChI is InChI=1S/Ca.H4O4Si.H3P.2H/c;1-5(2,3)4;;;/h;1-4H;1H3;;. The van der Waals surface area contributed by atoms with Gasteiger partial charge < -0.3 is 19.2 Å². The third-order valence-electron chi connectivity index (χ3n) is 0. The molecule has 0 aliphatic rings. The minimum absolute atomic E-state index is 0. The van der Waals surface area contributed by atoms with E-state index in [1.807, 2.05) is 0 Å². The summed E-state index contributed by atoms with van der Waals surface area (Å²) < 4.78 is 0. The molecule has 0 rings (SSSR count). The molecule has 0 saturated heterocycles. The summed E-state index contributed by atoms with van der Waals surface area (Å²) in [6, 6.07) is 0. The molecule has 1 atom stereocenters. The fourth-order valence-corrected chi connectivity index (χ4v) is 0. The van der Waals surface area contributed by atoms with Crippen LogP contribution in [0.25, 0.3) is 0 Å². The van der Waals surface area contributed by atoms with E-state index in [4.69, 9.17) is 19.2 Å². The van der Waals surface area contributed by atoms with Crippen LogP contribution >= 0.6 is 9.90 Å². The molecule has 0 amide bonds. The first-order chi connectivity index (χ1) is 2.00. The van der Waals surface area contributed by atoms with E-state index < -0.39 is 9.05 Å². The molecule has 44 valence electrons. The first kappa shape index (κ1) is 15.9. The van der Waals surface area contributed by atoms with Gasteiger partial charge in [0.1, 0.15) is 0 Å². The van der Waals surface area contributed by atoms with Gasteiger partial charge >= 0.3 is 46.8 Å². The Bertz CT molecular complexity index is 27.2. The van der Waals surface area contributed by atoms with Gasteiger partial charge in [0.2, 0.25) is 0 Å². The molecule has 0 radical (unpaired) electrons. The van der Waals surface area contributed by atoms with E-state index in [2.05, 4.69) is 0 Å². The summed E-state index contributed by atoms with van der Waals surface area (Å²) in [5.74, 6) is 0. The number of hydrogen-bond acceptors (Lipinski definition) is 4. The second-order valence-electron chi connectivity index (χ2n) is 0.600. The van der Waals surface area contributed by atoms with E-state index in [-0.39, 0.29) is 47.6 Å². The van der Waals surface area contributed by atoms with E-state index in [1.54, 1.807) is 0 Å². The monoisotopic (exact) mass is 172 g/mol. The molecule has 0 fully saturated rings. The Morgan fingerprint density at radius 1 is 0.857 bits per heavy atom. The molecule has 1 unspecified atom stereocenters. The zero-order valence-corrected chi connectivity index (χ0v) is 5.41. The zero-order chi connectivity index (χ0) is 4.50. The molecular weight excluding hydrogens is 163 g/mol. The molecule has 0 aromatic rings. The first-order valence-electron chi connectivity index (χ1n) is 0.894. The average molecular weight is 172 g/mol. The van der Waals surface area contributed by atoms with Crippen LogP contribution < -0.4 is 0 Å². The molecule has 0 aromatic heterocycles. The summed E-state index contributed by atoms with van der Waals surface area (Å²) >= 11 is 0. The molecule has 0 aromatic carbocycles. The van der Waals surface area contributed by atoms with Gasteiger partial charge in [0, 0.05) is 0 Å². The van der Waals surface area contributed by atoms with Crippen LogP contribution in [0.15, 0.2) is 0 Å². The molecule has 7 heteroatoms. The molecule has 0 spiro atoms. The molecule has 4 nitrogen and oxygen atoms in total. The van der Waals surface area contributed by atoms with Crippen molar-refractivity contribution < 1.29 is 19.2 Å². The average Bonchev–Trinajstić information content (AvgIpc) is 0.722. The predicted octanol–water partition coefficient (Wildman–Crippen LogP) is -3.47. The van der Waals surface area contributed by atoms with Crippen molar-refractivity contribution >= 4 is 56.7 Å². The third-order valence-corrected chi connectivity index (χ3v) is 0. The van der Waals surface area contributed by atoms with Crippen LogP contribution in [-0.4, -0.2) is 66.0 Å². The maximum absolute atomic E-state index is 7.33. The van der Waals surface area contributed by atoms with Crippen LogP contribution in [0.1, 0.15) is 0 Å². The summed E-state index contributed by atoms with van der Waals surface area (Å²) in [5, 5.41) is 0. The molecular formula is H9CaO4PSi. The second kappa shape index (κ2) is 5.88. The number of hydrogen-bond donors (Lipinski definition) is 4. The van der Waals surface area contributed by atoms with Crippen molar-refractivity contribution in [1.29, 1.82) is 0 Å². The van der Waals surface area contributed by atoms with Gasteiger partial charge in [-0.05, 0) is 0 Å². The zero-order valence-electron chi connectivity index (χ0n) is 3.00. The quantitative estimate of drug-likeness (QED) is 0.226. The van der Waals surface area contributed by atoms with Gasteiger partial charge in [-0.1, -0.05) is 0 Å². The fourth-order valence-electron chi connectivity index (χ4n) is 0. The van der Waals surface area contributed by atoms with E-state index in [1.165, 1.54) is 0 Å². The van der Waals surface area contributed by atoms with Gasteiger partial charge in [0.15, 0.2) is 0 Å². The Hall–Kier alpha value is 1.75. The molecule has 0 bridgehead atoms. The van der Waals surface area contributed by atoms with E-state index >= 15 is 0 Å². The van der Waals surface area contributed by atoms with Crippen LogP contribution in [0.2, 0.25) is 0 Å². The van der Waals surface area contributed by atoms with Gasteiger partial charge in [0.05, 0.1) is 0 Å². The Labute approximate surface area is 75.3 Å². The fraction of sp³-hybridized carbons (Fsp3) is 0. The van der Waals surface area contributed by atoms with Crippen LogP contribution in [0.5, 0.6) is 0 Å². The van der Waals surface area contributed by atoms with Gasteiger partial charge in [-0.3, -0.25) is 0 Å². The van der Waals surface area contributed by atoms with Gasteiger partial charge in [-0.2, -0.15) is 9.90 Å². The summed E-state index contributed by atoms with van der Waals surface area (Å²) in [7, 11) is -4.61. The first-order valence-corrected chi connectivity index (χ1v) is 2.68. The van der Waals surface area contributed by atoms with E-state index in [0.29, 0.717) is 0 Å². The summed E-state index contributed by atoms with van der Waals surface area (Å²) in [6.07, 6.45) is 0. The van der Waals surface area contributed by atoms with Gasteiger partial charge in [-0.15, -0.1) is 0 Å². The van der Waals surface area contributed by atoms with Gasteiger partial charge in [-0.25, -0.2) is 0 Å².